The number of morpholine rings is 1. The number of aromatic nitrogens is 1. The van der Waals surface area contributed by atoms with Crippen molar-refractivity contribution in [1.82, 2.24) is 9.88 Å². The minimum atomic E-state index is 0.0654. The zero-order valence-electron chi connectivity index (χ0n) is 12.0. The molecule has 4 nitrogen and oxygen atoms in total. The summed E-state index contributed by atoms with van der Waals surface area (Å²) in [6, 6.07) is 8.29. The third-order valence-electron chi connectivity index (χ3n) is 3.84. The molecule has 0 spiro atoms. The van der Waals surface area contributed by atoms with E-state index in [-0.39, 0.29) is 5.91 Å². The monoisotopic (exact) mass is 272 g/mol. The summed E-state index contributed by atoms with van der Waals surface area (Å²) in [6.45, 7) is 6.94. The third kappa shape index (κ3) is 2.43. The first-order chi connectivity index (χ1) is 9.65. The topological polar surface area (TPSA) is 45.3 Å². The molecular formula is C16H20N2O2. The fourth-order valence-corrected chi connectivity index (χ4v) is 2.56. The fourth-order valence-electron chi connectivity index (χ4n) is 2.56. The van der Waals surface area contributed by atoms with Gasteiger partial charge in [0.25, 0.3) is 5.91 Å². The Morgan fingerprint density at radius 3 is 2.70 bits per heavy atom. The van der Waals surface area contributed by atoms with E-state index in [4.69, 9.17) is 4.74 Å². The van der Waals surface area contributed by atoms with Gasteiger partial charge < -0.3 is 14.6 Å². The number of benzene rings is 1. The van der Waals surface area contributed by atoms with Crippen LogP contribution in [-0.2, 0) is 4.74 Å². The highest BCUT2D eigenvalue weighted by Crippen LogP contribution is 2.22. The summed E-state index contributed by atoms with van der Waals surface area (Å²) >= 11 is 0. The molecule has 0 saturated carbocycles. The molecule has 106 valence electrons. The van der Waals surface area contributed by atoms with Gasteiger partial charge in [0, 0.05) is 24.0 Å². The molecule has 0 radical (unpaired) electrons. The Morgan fingerprint density at radius 2 is 2.00 bits per heavy atom. The molecule has 1 N–H and O–H groups in total. The number of rotatable bonds is 2. The highest BCUT2D eigenvalue weighted by Gasteiger charge is 2.20. The molecule has 0 unspecified atom stereocenters. The quantitative estimate of drug-likeness (QED) is 0.913. The number of nitrogens with zero attached hydrogens (tertiary/aromatic N) is 1. The van der Waals surface area contributed by atoms with Crippen molar-refractivity contribution in [2.75, 3.05) is 26.3 Å². The summed E-state index contributed by atoms with van der Waals surface area (Å²) in [5.74, 6) is 0.552. The first-order valence-corrected chi connectivity index (χ1v) is 7.15. The van der Waals surface area contributed by atoms with Gasteiger partial charge in [0.15, 0.2) is 0 Å². The number of carbonyl (C=O) groups is 1. The highest BCUT2D eigenvalue weighted by atomic mass is 16.5. The molecule has 1 aliphatic rings. The van der Waals surface area contributed by atoms with Crippen molar-refractivity contribution in [1.29, 1.82) is 0 Å². The largest absolute Gasteiger partial charge is 0.378 e. The van der Waals surface area contributed by atoms with Crippen molar-refractivity contribution in [3.8, 4) is 0 Å². The minimum Gasteiger partial charge on any atom is -0.378 e. The van der Waals surface area contributed by atoms with Gasteiger partial charge in [0.2, 0.25) is 0 Å². The lowest BCUT2D eigenvalue weighted by Gasteiger charge is -2.26. The van der Waals surface area contributed by atoms with Crippen LogP contribution in [0.1, 0.15) is 35.8 Å². The van der Waals surface area contributed by atoms with E-state index < -0.39 is 0 Å². The van der Waals surface area contributed by atoms with Crippen LogP contribution in [0, 0.1) is 0 Å². The van der Waals surface area contributed by atoms with Crippen LogP contribution in [0.3, 0.4) is 0 Å². The number of aromatic amines is 1. The van der Waals surface area contributed by atoms with Gasteiger partial charge in [-0.1, -0.05) is 26.0 Å². The summed E-state index contributed by atoms with van der Waals surface area (Å²) in [6.07, 6.45) is 0. The average Bonchev–Trinajstić information content (AvgIpc) is 2.90. The molecule has 20 heavy (non-hydrogen) atoms. The third-order valence-corrected chi connectivity index (χ3v) is 3.84. The molecule has 0 bridgehead atoms. The smallest absolute Gasteiger partial charge is 0.270 e. The number of amides is 1. The van der Waals surface area contributed by atoms with E-state index in [1.165, 1.54) is 5.56 Å². The minimum absolute atomic E-state index is 0.0654. The highest BCUT2D eigenvalue weighted by molar-refractivity contribution is 5.98. The normalized spacial score (nSPS) is 16.1. The Kier molecular flexibility index (Phi) is 3.49. The lowest BCUT2D eigenvalue weighted by molar-refractivity contribution is 0.0299. The van der Waals surface area contributed by atoms with E-state index in [2.05, 4.69) is 37.0 Å². The number of fused-ring (bicyclic) bond motifs is 1. The molecule has 1 saturated heterocycles. The summed E-state index contributed by atoms with van der Waals surface area (Å²) in [4.78, 5) is 17.5. The van der Waals surface area contributed by atoms with Crippen molar-refractivity contribution < 1.29 is 9.53 Å². The molecule has 1 aliphatic heterocycles. The number of hydrogen-bond donors (Lipinski definition) is 1. The Hall–Kier alpha value is -1.81. The zero-order chi connectivity index (χ0) is 14.1. The predicted molar refractivity (Wildman–Crippen MR) is 79.1 cm³/mol. The van der Waals surface area contributed by atoms with E-state index in [1.807, 2.05) is 11.0 Å². The van der Waals surface area contributed by atoms with Crippen LogP contribution >= 0.6 is 0 Å². The second-order valence-corrected chi connectivity index (χ2v) is 5.59. The second-order valence-electron chi connectivity index (χ2n) is 5.59. The zero-order valence-corrected chi connectivity index (χ0v) is 12.0. The summed E-state index contributed by atoms with van der Waals surface area (Å²) in [5.41, 5.74) is 2.99. The van der Waals surface area contributed by atoms with Gasteiger partial charge in [-0.15, -0.1) is 0 Å². The summed E-state index contributed by atoms with van der Waals surface area (Å²) < 4.78 is 5.28. The van der Waals surface area contributed by atoms with E-state index in [0.717, 1.165) is 10.9 Å². The summed E-state index contributed by atoms with van der Waals surface area (Å²) in [5, 5.41) is 1.09. The van der Waals surface area contributed by atoms with Crippen LogP contribution in [0.2, 0.25) is 0 Å². The standard InChI is InChI=1S/C16H20N2O2/c1-11(2)12-3-4-13-10-15(17-14(13)9-12)16(19)18-5-7-20-8-6-18/h3-4,9-11,17H,5-8H2,1-2H3. The number of H-pyrrole nitrogens is 1. The maximum absolute atomic E-state index is 12.4. The molecule has 3 rings (SSSR count). The van der Waals surface area contributed by atoms with Crippen LogP contribution < -0.4 is 0 Å². The Balaban J connectivity index is 1.90. The SMILES string of the molecule is CC(C)c1ccc2cc(C(=O)N3CCOCC3)[nH]c2c1. The molecule has 1 amide bonds. The van der Waals surface area contributed by atoms with Crippen molar-refractivity contribution in [2.24, 2.45) is 0 Å². The lowest BCUT2D eigenvalue weighted by Crippen LogP contribution is -2.40. The molecule has 2 aromatic rings. The number of ether oxygens (including phenoxy) is 1. The van der Waals surface area contributed by atoms with Crippen molar-refractivity contribution in [3.05, 3.63) is 35.5 Å². The van der Waals surface area contributed by atoms with Crippen LogP contribution in [0.4, 0.5) is 0 Å². The first-order valence-electron chi connectivity index (χ1n) is 7.15. The van der Waals surface area contributed by atoms with E-state index in [0.29, 0.717) is 37.9 Å². The molecule has 4 heteroatoms. The van der Waals surface area contributed by atoms with Crippen molar-refractivity contribution >= 4 is 16.8 Å². The van der Waals surface area contributed by atoms with E-state index >= 15 is 0 Å². The van der Waals surface area contributed by atoms with Gasteiger partial charge in [-0.05, 0) is 23.6 Å². The van der Waals surface area contributed by atoms with E-state index in [9.17, 15) is 4.79 Å². The Labute approximate surface area is 118 Å². The maximum atomic E-state index is 12.4. The number of hydrogen-bond acceptors (Lipinski definition) is 2. The molecule has 0 atom stereocenters. The van der Waals surface area contributed by atoms with Crippen molar-refractivity contribution in [2.45, 2.75) is 19.8 Å². The van der Waals surface area contributed by atoms with Crippen LogP contribution in [0.25, 0.3) is 10.9 Å². The first kappa shape index (κ1) is 13.2. The molecule has 1 aromatic carbocycles. The van der Waals surface area contributed by atoms with Gasteiger partial charge in [0.1, 0.15) is 5.69 Å². The number of carbonyl (C=O) groups excluding carboxylic acids is 1. The molecular weight excluding hydrogens is 252 g/mol. The Bertz CT molecular complexity index is 624. The lowest BCUT2D eigenvalue weighted by atomic mass is 10.0. The van der Waals surface area contributed by atoms with Crippen LogP contribution in [0.5, 0.6) is 0 Å². The van der Waals surface area contributed by atoms with Gasteiger partial charge >= 0.3 is 0 Å². The molecule has 0 aliphatic carbocycles. The van der Waals surface area contributed by atoms with E-state index in [1.54, 1.807) is 0 Å². The van der Waals surface area contributed by atoms with Gasteiger partial charge in [-0.2, -0.15) is 0 Å². The molecule has 1 aromatic heterocycles. The second kappa shape index (κ2) is 5.29. The van der Waals surface area contributed by atoms with Gasteiger partial charge in [-0.25, -0.2) is 0 Å². The summed E-state index contributed by atoms with van der Waals surface area (Å²) in [7, 11) is 0. The molecule has 1 fully saturated rings. The van der Waals surface area contributed by atoms with Crippen LogP contribution in [-0.4, -0.2) is 42.1 Å². The van der Waals surface area contributed by atoms with Gasteiger partial charge in [-0.3, -0.25) is 4.79 Å². The van der Waals surface area contributed by atoms with Crippen LogP contribution in [0.15, 0.2) is 24.3 Å². The Morgan fingerprint density at radius 1 is 1.25 bits per heavy atom. The van der Waals surface area contributed by atoms with Crippen molar-refractivity contribution in [3.63, 3.8) is 0 Å². The fraction of sp³-hybridized carbons (Fsp3) is 0.438. The molecule has 2 heterocycles. The average molecular weight is 272 g/mol. The predicted octanol–water partition coefficient (Wildman–Crippen LogP) is 2.76. The van der Waals surface area contributed by atoms with Gasteiger partial charge in [0.05, 0.1) is 13.2 Å². The number of nitrogens with one attached hydrogen (secondary N) is 1. The maximum Gasteiger partial charge on any atom is 0.270 e.